The van der Waals surface area contributed by atoms with E-state index in [1.807, 2.05) is 6.07 Å². The minimum Gasteiger partial charge on any atom is -0.478 e. The Morgan fingerprint density at radius 2 is 2.15 bits per heavy atom. The first-order valence-corrected chi connectivity index (χ1v) is 6.39. The summed E-state index contributed by atoms with van der Waals surface area (Å²) in [4.78, 5) is 21.6. The molecule has 2 rings (SSSR count). The number of aliphatic carboxylic acids is 2. The average Bonchev–Trinajstić information content (AvgIpc) is 2.87. The normalized spacial score (nSPS) is 19.6. The zero-order valence-electron chi connectivity index (χ0n) is 11.1. The highest BCUT2D eigenvalue weighted by molar-refractivity contribution is 5.91. The van der Waals surface area contributed by atoms with Crippen LogP contribution < -0.4 is 0 Å². The smallest absolute Gasteiger partial charge is 0.331 e. The van der Waals surface area contributed by atoms with Crippen molar-refractivity contribution in [3.05, 3.63) is 40.9 Å². The van der Waals surface area contributed by atoms with Gasteiger partial charge in [-0.15, -0.1) is 0 Å². The van der Waals surface area contributed by atoms with Crippen LogP contribution in [0.1, 0.15) is 43.4 Å². The number of allylic oxidation sites excluding steroid dienone is 1. The third-order valence-corrected chi connectivity index (χ3v) is 3.49. The molecule has 2 N–H and O–H groups in total. The molecule has 0 saturated heterocycles. The van der Waals surface area contributed by atoms with Crippen LogP contribution in [0.15, 0.2) is 34.0 Å². The Labute approximate surface area is 116 Å². The molecule has 0 saturated carbocycles. The molecule has 0 fully saturated rings. The summed E-state index contributed by atoms with van der Waals surface area (Å²) in [6.45, 7) is 1.51. The Bertz CT molecular complexity index is 591. The molecule has 1 heterocycles. The highest BCUT2D eigenvalue weighted by atomic mass is 16.4. The van der Waals surface area contributed by atoms with E-state index < -0.39 is 11.9 Å². The first kappa shape index (κ1) is 14.1. The van der Waals surface area contributed by atoms with Crippen LogP contribution >= 0.6 is 0 Å². The van der Waals surface area contributed by atoms with Crippen molar-refractivity contribution in [1.29, 1.82) is 0 Å². The second kappa shape index (κ2) is 5.77. The Balaban J connectivity index is 2.09. The summed E-state index contributed by atoms with van der Waals surface area (Å²) in [7, 11) is 0. The second-order valence-corrected chi connectivity index (χ2v) is 4.92. The predicted octanol–water partition coefficient (Wildman–Crippen LogP) is 3.05. The molecule has 0 radical (unpaired) electrons. The lowest BCUT2D eigenvalue weighted by Gasteiger charge is -2.18. The lowest BCUT2D eigenvalue weighted by molar-refractivity contribution is -0.133. The number of furan rings is 1. The van der Waals surface area contributed by atoms with Gasteiger partial charge >= 0.3 is 11.9 Å². The van der Waals surface area contributed by atoms with Crippen LogP contribution in [0.2, 0.25) is 0 Å². The SMILES string of the molecule is CC(=Cc1cc([C@H]2CC=C(C(=O)O)CC2)co1)C(=O)O. The maximum absolute atomic E-state index is 10.8. The van der Waals surface area contributed by atoms with Gasteiger partial charge in [0.15, 0.2) is 0 Å². The molecule has 0 unspecified atom stereocenters. The highest BCUT2D eigenvalue weighted by Gasteiger charge is 2.20. The highest BCUT2D eigenvalue weighted by Crippen LogP contribution is 2.33. The van der Waals surface area contributed by atoms with Crippen molar-refractivity contribution >= 4 is 18.0 Å². The third-order valence-electron chi connectivity index (χ3n) is 3.49. The summed E-state index contributed by atoms with van der Waals surface area (Å²) in [5.74, 6) is -1.09. The van der Waals surface area contributed by atoms with E-state index in [0.29, 0.717) is 24.2 Å². The van der Waals surface area contributed by atoms with Crippen molar-refractivity contribution in [3.63, 3.8) is 0 Å². The van der Waals surface area contributed by atoms with E-state index in [1.165, 1.54) is 13.0 Å². The van der Waals surface area contributed by atoms with Crippen molar-refractivity contribution < 1.29 is 24.2 Å². The molecule has 0 aliphatic heterocycles. The molecule has 1 aliphatic carbocycles. The summed E-state index contributed by atoms with van der Waals surface area (Å²) >= 11 is 0. The fourth-order valence-electron chi connectivity index (χ4n) is 2.26. The van der Waals surface area contributed by atoms with Crippen LogP contribution in [0.4, 0.5) is 0 Å². The fourth-order valence-corrected chi connectivity index (χ4v) is 2.26. The van der Waals surface area contributed by atoms with Gasteiger partial charge in [-0.1, -0.05) is 6.08 Å². The van der Waals surface area contributed by atoms with E-state index >= 15 is 0 Å². The lowest BCUT2D eigenvalue weighted by Crippen LogP contribution is -2.09. The van der Waals surface area contributed by atoms with Crippen LogP contribution in [0, 0.1) is 0 Å². The lowest BCUT2D eigenvalue weighted by atomic mass is 9.86. The van der Waals surface area contributed by atoms with Crippen molar-refractivity contribution in [2.75, 3.05) is 0 Å². The molecule has 106 valence electrons. The molecule has 0 aromatic carbocycles. The molecule has 0 amide bonds. The van der Waals surface area contributed by atoms with Gasteiger partial charge in [0, 0.05) is 11.1 Å². The Kier molecular flexibility index (Phi) is 4.08. The monoisotopic (exact) mass is 276 g/mol. The van der Waals surface area contributed by atoms with Gasteiger partial charge in [0.1, 0.15) is 5.76 Å². The van der Waals surface area contributed by atoms with Crippen molar-refractivity contribution in [3.8, 4) is 0 Å². The summed E-state index contributed by atoms with van der Waals surface area (Å²) in [6.07, 6.45) is 6.82. The van der Waals surface area contributed by atoms with Gasteiger partial charge in [-0.2, -0.15) is 0 Å². The molecule has 5 nitrogen and oxygen atoms in total. The number of carboxylic acid groups (broad SMARTS) is 2. The molecule has 1 aromatic heterocycles. The number of carbonyl (C=O) groups is 2. The molecule has 20 heavy (non-hydrogen) atoms. The van der Waals surface area contributed by atoms with Gasteiger partial charge in [0.25, 0.3) is 0 Å². The van der Waals surface area contributed by atoms with E-state index in [4.69, 9.17) is 14.6 Å². The van der Waals surface area contributed by atoms with Crippen LogP contribution in [0.5, 0.6) is 0 Å². The second-order valence-electron chi connectivity index (χ2n) is 4.92. The van der Waals surface area contributed by atoms with Gasteiger partial charge in [0.2, 0.25) is 0 Å². The van der Waals surface area contributed by atoms with Crippen molar-refractivity contribution in [2.45, 2.75) is 32.1 Å². The van der Waals surface area contributed by atoms with Crippen LogP contribution in [-0.4, -0.2) is 22.2 Å². The molecule has 1 aliphatic rings. The van der Waals surface area contributed by atoms with E-state index in [9.17, 15) is 9.59 Å². The summed E-state index contributed by atoms with van der Waals surface area (Å²) in [5, 5.41) is 17.7. The molecule has 0 spiro atoms. The summed E-state index contributed by atoms with van der Waals surface area (Å²) in [5.41, 5.74) is 1.66. The number of carboxylic acids is 2. The van der Waals surface area contributed by atoms with Gasteiger partial charge < -0.3 is 14.6 Å². The van der Waals surface area contributed by atoms with E-state index in [-0.39, 0.29) is 11.5 Å². The van der Waals surface area contributed by atoms with Crippen molar-refractivity contribution in [2.24, 2.45) is 0 Å². The zero-order valence-corrected chi connectivity index (χ0v) is 11.1. The van der Waals surface area contributed by atoms with E-state index in [1.54, 1.807) is 12.3 Å². The van der Waals surface area contributed by atoms with Crippen molar-refractivity contribution in [1.82, 2.24) is 0 Å². The number of rotatable bonds is 4. The van der Waals surface area contributed by atoms with E-state index in [2.05, 4.69) is 0 Å². The Morgan fingerprint density at radius 1 is 1.40 bits per heavy atom. The Morgan fingerprint density at radius 3 is 2.70 bits per heavy atom. The minimum absolute atomic E-state index is 0.211. The maximum atomic E-state index is 10.8. The van der Waals surface area contributed by atoms with Gasteiger partial charge in [-0.3, -0.25) is 0 Å². The first-order valence-electron chi connectivity index (χ1n) is 6.39. The molecule has 0 bridgehead atoms. The number of hydrogen-bond donors (Lipinski definition) is 2. The molecule has 5 heteroatoms. The molecular weight excluding hydrogens is 260 g/mol. The predicted molar refractivity (Wildman–Crippen MR) is 72.3 cm³/mol. The summed E-state index contributed by atoms with van der Waals surface area (Å²) in [6, 6.07) is 1.82. The molecule has 1 aromatic rings. The topological polar surface area (TPSA) is 87.7 Å². The third kappa shape index (κ3) is 3.17. The molecule has 1 atom stereocenters. The first-order chi connectivity index (χ1) is 9.47. The standard InChI is InChI=1S/C15H16O5/c1-9(14(16)17)6-13-7-12(8-20-13)10-2-4-11(5-3-10)15(18)19/h4,6-8,10H,2-3,5H2,1H3,(H,16,17)(H,18,19)/t10-/m0/s1. The molecular formula is C15H16O5. The zero-order chi connectivity index (χ0) is 14.7. The van der Waals surface area contributed by atoms with Crippen LogP contribution in [0.3, 0.4) is 0 Å². The largest absolute Gasteiger partial charge is 0.478 e. The minimum atomic E-state index is -0.977. The van der Waals surface area contributed by atoms with E-state index in [0.717, 1.165) is 12.0 Å². The van der Waals surface area contributed by atoms with Gasteiger partial charge in [0.05, 0.1) is 6.26 Å². The summed E-state index contributed by atoms with van der Waals surface area (Å²) < 4.78 is 5.34. The quantitative estimate of drug-likeness (QED) is 0.825. The van der Waals surface area contributed by atoms with Crippen LogP contribution in [-0.2, 0) is 9.59 Å². The average molecular weight is 276 g/mol. The number of hydrogen-bond acceptors (Lipinski definition) is 3. The Hall–Kier alpha value is -2.30. The van der Waals surface area contributed by atoms with Gasteiger partial charge in [-0.05, 0) is 49.8 Å². The fraction of sp³-hybridized carbons (Fsp3) is 0.333. The van der Waals surface area contributed by atoms with Crippen LogP contribution in [0.25, 0.3) is 6.08 Å². The maximum Gasteiger partial charge on any atom is 0.331 e. The van der Waals surface area contributed by atoms with Gasteiger partial charge in [-0.25, -0.2) is 9.59 Å².